The molecule has 1 aliphatic rings. The van der Waals surface area contributed by atoms with Crippen molar-refractivity contribution in [2.45, 2.75) is 0 Å². The van der Waals surface area contributed by atoms with Crippen molar-refractivity contribution in [3.63, 3.8) is 0 Å². The normalized spacial score (nSPS) is 16.6. The van der Waals surface area contributed by atoms with Crippen LogP contribution in [0.25, 0.3) is 6.08 Å². The summed E-state index contributed by atoms with van der Waals surface area (Å²) in [6, 6.07) is 14.4. The van der Waals surface area contributed by atoms with Crippen LogP contribution in [0, 0.1) is 3.57 Å². The summed E-state index contributed by atoms with van der Waals surface area (Å²) in [6.07, 6.45) is 1.73. The van der Waals surface area contributed by atoms with E-state index in [1.165, 1.54) is 4.90 Å². The molecule has 0 radical (unpaired) electrons. The summed E-state index contributed by atoms with van der Waals surface area (Å²) in [6.45, 7) is 0. The number of anilines is 1. The maximum Gasteiger partial charge on any atom is 0.298 e. The first-order chi connectivity index (χ1) is 10.5. The van der Waals surface area contributed by atoms with Gasteiger partial charge in [-0.3, -0.25) is 9.59 Å². The van der Waals surface area contributed by atoms with Crippen molar-refractivity contribution in [1.29, 1.82) is 0 Å². The molecule has 2 amide bonds. The van der Waals surface area contributed by atoms with Gasteiger partial charge in [-0.1, -0.05) is 23.7 Å². The van der Waals surface area contributed by atoms with E-state index in [0.717, 1.165) is 20.9 Å². The maximum absolute atomic E-state index is 12.5. The fourth-order valence-electron chi connectivity index (χ4n) is 1.99. The van der Waals surface area contributed by atoms with Crippen LogP contribution in [0.3, 0.4) is 0 Å². The smallest absolute Gasteiger partial charge is 0.268 e. The van der Waals surface area contributed by atoms with Gasteiger partial charge in [0.1, 0.15) is 0 Å². The molecule has 3 nitrogen and oxygen atoms in total. The van der Waals surface area contributed by atoms with E-state index < -0.39 is 0 Å². The number of benzene rings is 2. The van der Waals surface area contributed by atoms with Crippen molar-refractivity contribution >= 4 is 68.9 Å². The number of carbonyl (C=O) groups excluding carboxylic acids is 2. The largest absolute Gasteiger partial charge is 0.298 e. The molecular weight excluding hydrogens is 433 g/mol. The van der Waals surface area contributed by atoms with E-state index in [2.05, 4.69) is 22.6 Å². The average Bonchev–Trinajstić information content (AvgIpc) is 2.77. The molecule has 2 aromatic rings. The van der Waals surface area contributed by atoms with Crippen molar-refractivity contribution in [2.75, 3.05) is 4.90 Å². The Morgan fingerprint density at radius 2 is 1.64 bits per heavy atom. The van der Waals surface area contributed by atoms with Crippen LogP contribution in [0.5, 0.6) is 0 Å². The summed E-state index contributed by atoms with van der Waals surface area (Å²) in [5.41, 5.74) is 1.42. The second-order valence-electron chi connectivity index (χ2n) is 4.55. The summed E-state index contributed by atoms with van der Waals surface area (Å²) in [7, 11) is 0. The SMILES string of the molecule is O=C1S/C(=C\c2ccc(I)cc2)C(=O)N1c1ccc(Cl)cc1. The molecule has 0 N–H and O–H groups in total. The van der Waals surface area contributed by atoms with Gasteiger partial charge in [-0.2, -0.15) is 0 Å². The predicted molar refractivity (Wildman–Crippen MR) is 99.1 cm³/mol. The van der Waals surface area contributed by atoms with Crippen molar-refractivity contribution in [2.24, 2.45) is 0 Å². The molecule has 1 saturated heterocycles. The van der Waals surface area contributed by atoms with E-state index in [1.54, 1.807) is 30.3 Å². The molecule has 0 bridgehead atoms. The number of hydrogen-bond donors (Lipinski definition) is 0. The highest BCUT2D eigenvalue weighted by atomic mass is 127. The third-order valence-electron chi connectivity index (χ3n) is 3.05. The third kappa shape index (κ3) is 3.21. The highest BCUT2D eigenvalue weighted by Gasteiger charge is 2.36. The fourth-order valence-corrected chi connectivity index (χ4v) is 3.32. The molecular formula is C16H9ClINO2S. The lowest BCUT2D eigenvalue weighted by molar-refractivity contribution is -0.113. The molecule has 3 rings (SSSR count). The van der Waals surface area contributed by atoms with E-state index in [4.69, 9.17) is 11.6 Å². The number of amides is 2. The molecule has 0 unspecified atom stereocenters. The van der Waals surface area contributed by atoms with Crippen LogP contribution >= 0.6 is 46.0 Å². The van der Waals surface area contributed by atoms with Gasteiger partial charge in [0.25, 0.3) is 11.1 Å². The highest BCUT2D eigenvalue weighted by molar-refractivity contribution is 14.1. The van der Waals surface area contributed by atoms with Crippen molar-refractivity contribution in [1.82, 2.24) is 0 Å². The lowest BCUT2D eigenvalue weighted by Gasteiger charge is -2.12. The lowest BCUT2D eigenvalue weighted by atomic mass is 10.2. The minimum atomic E-state index is -0.309. The molecule has 0 aliphatic carbocycles. The van der Waals surface area contributed by atoms with E-state index in [0.29, 0.717) is 15.6 Å². The summed E-state index contributed by atoms with van der Waals surface area (Å²) in [5.74, 6) is -0.309. The quantitative estimate of drug-likeness (QED) is 0.476. The summed E-state index contributed by atoms with van der Waals surface area (Å²) in [5, 5.41) is 0.259. The zero-order valence-electron chi connectivity index (χ0n) is 11.1. The molecule has 1 heterocycles. The Kier molecular flexibility index (Phi) is 4.56. The molecule has 0 spiro atoms. The number of nitrogens with zero attached hydrogens (tertiary/aromatic N) is 1. The third-order valence-corrected chi connectivity index (χ3v) is 4.89. The number of carbonyl (C=O) groups is 2. The molecule has 1 fully saturated rings. The lowest BCUT2D eigenvalue weighted by Crippen LogP contribution is -2.27. The van der Waals surface area contributed by atoms with Gasteiger partial charge in [-0.05, 0) is 82.4 Å². The van der Waals surface area contributed by atoms with Gasteiger partial charge in [0.15, 0.2) is 0 Å². The monoisotopic (exact) mass is 441 g/mol. The van der Waals surface area contributed by atoms with Gasteiger partial charge in [0.05, 0.1) is 10.6 Å². The second kappa shape index (κ2) is 6.44. The molecule has 6 heteroatoms. The maximum atomic E-state index is 12.5. The number of halogens is 2. The average molecular weight is 442 g/mol. The van der Waals surface area contributed by atoms with Crippen LogP contribution in [0.4, 0.5) is 10.5 Å². The second-order valence-corrected chi connectivity index (χ2v) is 7.22. The van der Waals surface area contributed by atoms with E-state index in [1.807, 2.05) is 24.3 Å². The zero-order valence-corrected chi connectivity index (χ0v) is 14.9. The van der Waals surface area contributed by atoms with Crippen LogP contribution in [-0.4, -0.2) is 11.1 Å². The van der Waals surface area contributed by atoms with E-state index >= 15 is 0 Å². The zero-order chi connectivity index (χ0) is 15.7. The standard InChI is InChI=1S/C16H9ClINO2S/c17-11-3-7-13(8-4-11)19-15(20)14(22-16(19)21)9-10-1-5-12(18)6-2-10/h1-9H/b14-9-. The van der Waals surface area contributed by atoms with Crippen LogP contribution in [0.15, 0.2) is 53.4 Å². The first-order valence-corrected chi connectivity index (χ1v) is 8.61. The Hall–Kier alpha value is -1.31. The van der Waals surface area contributed by atoms with Crippen molar-refractivity contribution in [3.05, 3.63) is 67.6 Å². The molecule has 22 heavy (non-hydrogen) atoms. The van der Waals surface area contributed by atoms with Crippen molar-refractivity contribution in [3.8, 4) is 0 Å². The number of imide groups is 1. The first kappa shape index (κ1) is 15.6. The molecule has 1 aliphatic heterocycles. The summed E-state index contributed by atoms with van der Waals surface area (Å²) in [4.78, 5) is 26.2. The number of rotatable bonds is 2. The van der Waals surface area contributed by atoms with E-state index in [9.17, 15) is 9.59 Å². The van der Waals surface area contributed by atoms with Gasteiger partial charge in [-0.15, -0.1) is 0 Å². The Bertz CT molecular complexity index is 772. The summed E-state index contributed by atoms with van der Waals surface area (Å²) >= 11 is 8.99. The molecule has 0 atom stereocenters. The van der Waals surface area contributed by atoms with Crippen LogP contribution in [0.1, 0.15) is 5.56 Å². The molecule has 0 aromatic heterocycles. The van der Waals surface area contributed by atoms with Gasteiger partial charge in [-0.25, -0.2) is 4.90 Å². The highest BCUT2D eigenvalue weighted by Crippen LogP contribution is 2.36. The Morgan fingerprint density at radius 1 is 1.00 bits per heavy atom. The van der Waals surface area contributed by atoms with Crippen LogP contribution < -0.4 is 4.90 Å². The molecule has 2 aromatic carbocycles. The molecule has 110 valence electrons. The Labute approximate surface area is 150 Å². The predicted octanol–water partition coefficient (Wildman–Crippen LogP) is 5.19. The fraction of sp³-hybridized carbons (Fsp3) is 0. The van der Waals surface area contributed by atoms with Crippen molar-refractivity contribution < 1.29 is 9.59 Å². The first-order valence-electron chi connectivity index (χ1n) is 6.34. The number of thioether (sulfide) groups is 1. The minimum absolute atomic E-state index is 0.302. The van der Waals surface area contributed by atoms with Crippen LogP contribution in [0.2, 0.25) is 5.02 Å². The topological polar surface area (TPSA) is 37.4 Å². The number of hydrogen-bond acceptors (Lipinski definition) is 3. The van der Waals surface area contributed by atoms with Gasteiger partial charge < -0.3 is 0 Å². The van der Waals surface area contributed by atoms with Gasteiger partial charge >= 0.3 is 0 Å². The Morgan fingerprint density at radius 3 is 2.27 bits per heavy atom. The summed E-state index contributed by atoms with van der Waals surface area (Å²) < 4.78 is 1.11. The van der Waals surface area contributed by atoms with Gasteiger partial charge in [0, 0.05) is 8.59 Å². The van der Waals surface area contributed by atoms with Crippen LogP contribution in [-0.2, 0) is 4.79 Å². The van der Waals surface area contributed by atoms with Gasteiger partial charge in [0.2, 0.25) is 0 Å². The molecule has 0 saturated carbocycles. The minimum Gasteiger partial charge on any atom is -0.268 e. The van der Waals surface area contributed by atoms with E-state index in [-0.39, 0.29) is 11.1 Å². The Balaban J connectivity index is 1.91.